The summed E-state index contributed by atoms with van der Waals surface area (Å²) in [4.78, 5) is 25.5. The number of carbonyl (C=O) groups is 2. The Morgan fingerprint density at radius 2 is 2.10 bits per heavy atom. The SMILES string of the molecule is O=C1CCN(Cc2ccsc2C(=O)O)c2ccccc21. The van der Waals surface area contributed by atoms with Gasteiger partial charge in [-0.15, -0.1) is 11.3 Å². The van der Waals surface area contributed by atoms with Crippen molar-refractivity contribution < 1.29 is 14.7 Å². The normalized spacial score (nSPS) is 14.2. The summed E-state index contributed by atoms with van der Waals surface area (Å²) in [6, 6.07) is 9.34. The zero-order valence-corrected chi connectivity index (χ0v) is 11.5. The molecule has 0 amide bonds. The molecule has 1 aromatic heterocycles. The van der Waals surface area contributed by atoms with Crippen LogP contribution < -0.4 is 4.90 Å². The van der Waals surface area contributed by atoms with Crippen molar-refractivity contribution in [2.75, 3.05) is 11.4 Å². The number of ketones is 1. The fraction of sp³-hybridized carbons (Fsp3) is 0.200. The van der Waals surface area contributed by atoms with E-state index < -0.39 is 5.97 Å². The summed E-state index contributed by atoms with van der Waals surface area (Å²) < 4.78 is 0. The van der Waals surface area contributed by atoms with Gasteiger partial charge in [0.2, 0.25) is 0 Å². The van der Waals surface area contributed by atoms with E-state index in [1.54, 1.807) is 5.38 Å². The summed E-state index contributed by atoms with van der Waals surface area (Å²) in [5.41, 5.74) is 2.42. The molecule has 2 aromatic rings. The van der Waals surface area contributed by atoms with Gasteiger partial charge in [-0.3, -0.25) is 4.79 Å². The summed E-state index contributed by atoms with van der Waals surface area (Å²) in [5.74, 6) is -0.739. The first-order valence-corrected chi connectivity index (χ1v) is 7.21. The fourth-order valence-corrected chi connectivity index (χ4v) is 3.25. The average Bonchev–Trinajstić information content (AvgIpc) is 2.91. The molecule has 0 radical (unpaired) electrons. The summed E-state index contributed by atoms with van der Waals surface area (Å²) in [7, 11) is 0. The van der Waals surface area contributed by atoms with Crippen molar-refractivity contribution >= 4 is 28.8 Å². The van der Waals surface area contributed by atoms with Crippen LogP contribution in [0.15, 0.2) is 35.7 Å². The van der Waals surface area contributed by atoms with Crippen molar-refractivity contribution in [3.05, 3.63) is 51.7 Å². The molecule has 0 bridgehead atoms. The van der Waals surface area contributed by atoms with Gasteiger partial charge < -0.3 is 10.0 Å². The van der Waals surface area contributed by atoms with Gasteiger partial charge in [0, 0.05) is 30.8 Å². The van der Waals surface area contributed by atoms with Gasteiger partial charge in [-0.2, -0.15) is 0 Å². The minimum atomic E-state index is -0.892. The van der Waals surface area contributed by atoms with E-state index in [-0.39, 0.29) is 5.78 Å². The number of fused-ring (bicyclic) bond motifs is 1. The fourth-order valence-electron chi connectivity index (χ4n) is 2.49. The molecular weight excluding hydrogens is 274 g/mol. The zero-order chi connectivity index (χ0) is 14.1. The third kappa shape index (κ3) is 2.20. The van der Waals surface area contributed by atoms with Crippen LogP contribution in [0.3, 0.4) is 0 Å². The Kier molecular flexibility index (Phi) is 3.28. The molecular formula is C15H13NO3S. The summed E-state index contributed by atoms with van der Waals surface area (Å²) in [6.45, 7) is 1.15. The van der Waals surface area contributed by atoms with E-state index in [2.05, 4.69) is 4.90 Å². The summed E-state index contributed by atoms with van der Waals surface area (Å²) in [6.07, 6.45) is 0.476. The number of hydrogen-bond donors (Lipinski definition) is 1. The Morgan fingerprint density at radius 3 is 2.90 bits per heavy atom. The summed E-state index contributed by atoms with van der Waals surface area (Å²) >= 11 is 1.23. The molecule has 1 aliphatic heterocycles. The van der Waals surface area contributed by atoms with E-state index in [0.717, 1.165) is 16.8 Å². The van der Waals surface area contributed by atoms with Crippen LogP contribution in [0.5, 0.6) is 0 Å². The minimum Gasteiger partial charge on any atom is -0.477 e. The highest BCUT2D eigenvalue weighted by Crippen LogP contribution is 2.29. The molecule has 1 aliphatic rings. The monoisotopic (exact) mass is 287 g/mol. The molecule has 3 rings (SSSR count). The number of rotatable bonds is 3. The molecule has 0 saturated carbocycles. The average molecular weight is 287 g/mol. The first kappa shape index (κ1) is 12.9. The first-order chi connectivity index (χ1) is 9.66. The molecule has 1 aromatic carbocycles. The van der Waals surface area contributed by atoms with Crippen molar-refractivity contribution in [2.24, 2.45) is 0 Å². The molecule has 5 heteroatoms. The molecule has 1 N–H and O–H groups in total. The van der Waals surface area contributed by atoms with E-state index in [1.807, 2.05) is 30.3 Å². The van der Waals surface area contributed by atoms with E-state index in [1.165, 1.54) is 11.3 Å². The molecule has 4 nitrogen and oxygen atoms in total. The van der Waals surface area contributed by atoms with Crippen molar-refractivity contribution in [3.8, 4) is 0 Å². The van der Waals surface area contributed by atoms with Crippen LogP contribution in [0.1, 0.15) is 32.0 Å². The lowest BCUT2D eigenvalue weighted by molar-refractivity contribution is 0.0700. The number of benzene rings is 1. The lowest BCUT2D eigenvalue weighted by Crippen LogP contribution is -2.31. The Hall–Kier alpha value is -2.14. The molecule has 0 spiro atoms. The first-order valence-electron chi connectivity index (χ1n) is 6.33. The molecule has 20 heavy (non-hydrogen) atoms. The highest BCUT2D eigenvalue weighted by atomic mass is 32.1. The second-order valence-electron chi connectivity index (χ2n) is 4.69. The number of carbonyl (C=O) groups excluding carboxylic acids is 1. The van der Waals surface area contributed by atoms with Crippen LogP contribution >= 0.6 is 11.3 Å². The van der Waals surface area contributed by atoms with E-state index in [9.17, 15) is 9.59 Å². The van der Waals surface area contributed by atoms with Gasteiger partial charge in [-0.1, -0.05) is 12.1 Å². The van der Waals surface area contributed by atoms with Crippen LogP contribution in [0.25, 0.3) is 0 Å². The van der Waals surface area contributed by atoms with Gasteiger partial charge in [0.05, 0.1) is 0 Å². The molecule has 0 fully saturated rings. The lowest BCUT2D eigenvalue weighted by atomic mass is 10.00. The zero-order valence-electron chi connectivity index (χ0n) is 10.7. The maximum Gasteiger partial charge on any atom is 0.346 e. The van der Waals surface area contributed by atoms with Crippen molar-refractivity contribution in [2.45, 2.75) is 13.0 Å². The number of Topliss-reactive ketones (excluding diaryl/α,β-unsaturated/α-hetero) is 1. The maximum atomic E-state index is 11.9. The summed E-state index contributed by atoms with van der Waals surface area (Å²) in [5, 5.41) is 11.0. The Bertz CT molecular complexity index is 677. The second-order valence-corrected chi connectivity index (χ2v) is 5.61. The predicted octanol–water partition coefficient (Wildman–Crippen LogP) is 3.04. The predicted molar refractivity (Wildman–Crippen MR) is 77.7 cm³/mol. The van der Waals surface area contributed by atoms with Crippen molar-refractivity contribution in [1.29, 1.82) is 0 Å². The van der Waals surface area contributed by atoms with Gasteiger partial charge in [0.1, 0.15) is 4.88 Å². The van der Waals surface area contributed by atoms with Gasteiger partial charge in [0.15, 0.2) is 5.78 Å². The number of hydrogen-bond acceptors (Lipinski definition) is 4. The van der Waals surface area contributed by atoms with Crippen LogP contribution in [-0.4, -0.2) is 23.4 Å². The molecule has 0 aliphatic carbocycles. The Morgan fingerprint density at radius 1 is 1.30 bits per heavy atom. The number of carboxylic acids is 1. The molecule has 0 saturated heterocycles. The quantitative estimate of drug-likeness (QED) is 0.942. The third-order valence-corrected chi connectivity index (χ3v) is 4.40. The van der Waals surface area contributed by atoms with Gasteiger partial charge >= 0.3 is 5.97 Å². The second kappa shape index (κ2) is 5.09. The molecule has 102 valence electrons. The van der Waals surface area contributed by atoms with Gasteiger partial charge in [-0.25, -0.2) is 4.79 Å². The number of carboxylic acid groups (broad SMARTS) is 1. The molecule has 0 atom stereocenters. The smallest absolute Gasteiger partial charge is 0.346 e. The van der Waals surface area contributed by atoms with E-state index in [0.29, 0.717) is 24.4 Å². The Labute approximate surface area is 120 Å². The largest absolute Gasteiger partial charge is 0.477 e. The standard InChI is InChI=1S/C15H13NO3S/c17-13-5-7-16(12-4-2-1-3-11(12)13)9-10-6-8-20-14(10)15(18)19/h1-4,6,8H,5,7,9H2,(H,18,19). The highest BCUT2D eigenvalue weighted by Gasteiger charge is 2.24. The van der Waals surface area contributed by atoms with Crippen LogP contribution in [0, 0.1) is 0 Å². The minimum absolute atomic E-state index is 0.153. The van der Waals surface area contributed by atoms with Gasteiger partial charge in [0.25, 0.3) is 0 Å². The third-order valence-electron chi connectivity index (χ3n) is 3.46. The topological polar surface area (TPSA) is 57.6 Å². The number of thiophene rings is 1. The van der Waals surface area contributed by atoms with E-state index >= 15 is 0 Å². The highest BCUT2D eigenvalue weighted by molar-refractivity contribution is 7.12. The van der Waals surface area contributed by atoms with Gasteiger partial charge in [-0.05, 0) is 29.1 Å². The number of para-hydroxylation sites is 1. The number of anilines is 1. The molecule has 2 heterocycles. The molecule has 0 unspecified atom stereocenters. The maximum absolute atomic E-state index is 11.9. The van der Waals surface area contributed by atoms with Crippen molar-refractivity contribution in [3.63, 3.8) is 0 Å². The lowest BCUT2D eigenvalue weighted by Gasteiger charge is -2.30. The Balaban J connectivity index is 1.93. The number of nitrogens with zero attached hydrogens (tertiary/aromatic N) is 1. The number of aromatic carboxylic acids is 1. The van der Waals surface area contributed by atoms with Crippen LogP contribution in [0.4, 0.5) is 5.69 Å². The van der Waals surface area contributed by atoms with Crippen LogP contribution in [-0.2, 0) is 6.54 Å². The van der Waals surface area contributed by atoms with E-state index in [4.69, 9.17) is 5.11 Å². The van der Waals surface area contributed by atoms with Crippen molar-refractivity contribution in [1.82, 2.24) is 0 Å². The van der Waals surface area contributed by atoms with Crippen LogP contribution in [0.2, 0.25) is 0 Å².